The molecule has 0 aromatic heterocycles. The van der Waals surface area contributed by atoms with Crippen molar-refractivity contribution in [1.82, 2.24) is 10.6 Å². The summed E-state index contributed by atoms with van der Waals surface area (Å²) in [5, 5.41) is 6.59. The number of carbonyl (C=O) groups excluding carboxylic acids is 1. The average Bonchev–Trinajstić information content (AvgIpc) is 2.60. The van der Waals surface area contributed by atoms with Crippen LogP contribution in [0.2, 0.25) is 0 Å². The van der Waals surface area contributed by atoms with E-state index in [1.165, 1.54) is 18.4 Å². The minimum absolute atomic E-state index is 0. The van der Waals surface area contributed by atoms with Crippen LogP contribution in [0.15, 0.2) is 24.3 Å². The molecule has 0 bridgehead atoms. The summed E-state index contributed by atoms with van der Waals surface area (Å²) >= 11 is 0. The summed E-state index contributed by atoms with van der Waals surface area (Å²) in [4.78, 5) is 12.3. The van der Waals surface area contributed by atoms with Gasteiger partial charge in [0, 0.05) is 18.9 Å². The van der Waals surface area contributed by atoms with Crippen LogP contribution < -0.4 is 15.4 Å². The Labute approximate surface area is 151 Å². The van der Waals surface area contributed by atoms with Crippen LogP contribution in [0.25, 0.3) is 0 Å². The number of hydrogen-bond acceptors (Lipinski definition) is 3. The smallest absolute Gasteiger partial charge is 0.220 e. The highest BCUT2D eigenvalue weighted by molar-refractivity contribution is 5.85. The van der Waals surface area contributed by atoms with Crippen LogP contribution in [0, 0.1) is 11.8 Å². The fourth-order valence-electron chi connectivity index (χ4n) is 3.76. The first-order valence-corrected chi connectivity index (χ1v) is 8.93. The van der Waals surface area contributed by atoms with Crippen LogP contribution in [0.3, 0.4) is 0 Å². The second kappa shape index (κ2) is 9.28. The highest BCUT2D eigenvalue weighted by Crippen LogP contribution is 2.32. The van der Waals surface area contributed by atoms with Gasteiger partial charge in [0.1, 0.15) is 5.75 Å². The molecule has 134 valence electrons. The van der Waals surface area contributed by atoms with Crippen molar-refractivity contribution in [2.45, 2.75) is 38.5 Å². The summed E-state index contributed by atoms with van der Waals surface area (Å²) in [5.41, 5.74) is 1.23. The lowest BCUT2D eigenvalue weighted by molar-refractivity contribution is -0.122. The van der Waals surface area contributed by atoms with E-state index < -0.39 is 0 Å². The van der Waals surface area contributed by atoms with Crippen molar-refractivity contribution in [2.24, 2.45) is 11.8 Å². The molecular weight excluding hydrogens is 324 g/mol. The monoisotopic (exact) mass is 352 g/mol. The van der Waals surface area contributed by atoms with Gasteiger partial charge in [-0.3, -0.25) is 4.79 Å². The van der Waals surface area contributed by atoms with Gasteiger partial charge in [-0.2, -0.15) is 0 Å². The van der Waals surface area contributed by atoms with Crippen molar-refractivity contribution in [1.29, 1.82) is 0 Å². The van der Waals surface area contributed by atoms with E-state index in [0.29, 0.717) is 24.2 Å². The summed E-state index contributed by atoms with van der Waals surface area (Å²) in [6.45, 7) is 5.85. The number of carbonyl (C=O) groups is 1. The predicted molar refractivity (Wildman–Crippen MR) is 98.9 cm³/mol. The third-order valence-electron chi connectivity index (χ3n) is 5.28. The van der Waals surface area contributed by atoms with E-state index in [1.807, 2.05) is 18.2 Å². The molecule has 3 atom stereocenters. The Kier molecular flexibility index (Phi) is 7.38. The second-order valence-electron chi connectivity index (χ2n) is 6.96. The number of amides is 1. The average molecular weight is 353 g/mol. The van der Waals surface area contributed by atoms with Crippen LogP contribution in [0.1, 0.15) is 44.1 Å². The number of ether oxygens (including phenoxy) is 1. The maximum absolute atomic E-state index is 12.3. The number of benzene rings is 1. The van der Waals surface area contributed by atoms with Crippen LogP contribution in [0.5, 0.6) is 5.75 Å². The molecule has 0 spiro atoms. The molecule has 1 fully saturated rings. The Hall–Kier alpha value is -1.26. The van der Waals surface area contributed by atoms with Crippen LogP contribution in [-0.4, -0.2) is 32.1 Å². The lowest BCUT2D eigenvalue weighted by atomic mass is 9.85. The highest BCUT2D eigenvalue weighted by Gasteiger charge is 2.24. The molecule has 1 amide bonds. The molecule has 1 saturated heterocycles. The minimum Gasteiger partial charge on any atom is -0.493 e. The van der Waals surface area contributed by atoms with Gasteiger partial charge in [-0.15, -0.1) is 12.4 Å². The number of hydrogen-bond donors (Lipinski definition) is 2. The third-order valence-corrected chi connectivity index (χ3v) is 5.28. The first kappa shape index (κ1) is 19.1. The van der Waals surface area contributed by atoms with Crippen molar-refractivity contribution in [3.05, 3.63) is 29.8 Å². The molecule has 0 radical (unpaired) electrons. The van der Waals surface area contributed by atoms with E-state index in [1.54, 1.807) is 0 Å². The van der Waals surface area contributed by atoms with Crippen molar-refractivity contribution in [3.8, 4) is 5.75 Å². The van der Waals surface area contributed by atoms with E-state index in [0.717, 1.165) is 38.4 Å². The van der Waals surface area contributed by atoms with Gasteiger partial charge in [0.25, 0.3) is 0 Å². The molecule has 4 nitrogen and oxygen atoms in total. The molecule has 24 heavy (non-hydrogen) atoms. The van der Waals surface area contributed by atoms with Gasteiger partial charge >= 0.3 is 0 Å². The van der Waals surface area contributed by atoms with Gasteiger partial charge in [0.15, 0.2) is 0 Å². The molecule has 1 aromatic rings. The first-order valence-electron chi connectivity index (χ1n) is 8.93. The quantitative estimate of drug-likeness (QED) is 0.856. The zero-order valence-electron chi connectivity index (χ0n) is 14.4. The van der Waals surface area contributed by atoms with E-state index in [-0.39, 0.29) is 18.3 Å². The molecule has 5 heteroatoms. The Morgan fingerprint density at radius 3 is 3.00 bits per heavy atom. The van der Waals surface area contributed by atoms with Gasteiger partial charge in [-0.05, 0) is 55.8 Å². The van der Waals surface area contributed by atoms with E-state index in [9.17, 15) is 4.79 Å². The fraction of sp³-hybridized carbons (Fsp3) is 0.632. The second-order valence-corrected chi connectivity index (χ2v) is 6.96. The number of nitrogens with one attached hydrogen (secondary N) is 2. The molecule has 2 aliphatic heterocycles. The standard InChI is InChI=1S/C19H28N2O2.ClH/c1-14(15-5-4-9-20-12-15)11-19(22)21-13-16-8-10-23-18-7-3-2-6-17(16)18;/h2-3,6-7,14-16,20H,4-5,8-13H2,1H3,(H,21,22);1H. The summed E-state index contributed by atoms with van der Waals surface area (Å²) in [5.74, 6) is 2.62. The Morgan fingerprint density at radius 2 is 2.21 bits per heavy atom. The molecule has 0 aliphatic carbocycles. The zero-order valence-corrected chi connectivity index (χ0v) is 15.2. The van der Waals surface area contributed by atoms with Crippen molar-refractivity contribution < 1.29 is 9.53 Å². The molecule has 2 aliphatic rings. The van der Waals surface area contributed by atoms with Gasteiger partial charge in [-0.25, -0.2) is 0 Å². The highest BCUT2D eigenvalue weighted by atomic mass is 35.5. The number of rotatable bonds is 5. The molecule has 3 rings (SSSR count). The normalized spacial score (nSPS) is 24.0. The molecule has 2 heterocycles. The summed E-state index contributed by atoms with van der Waals surface area (Å²) in [6.07, 6.45) is 4.08. The molecule has 3 unspecified atom stereocenters. The lowest BCUT2D eigenvalue weighted by Gasteiger charge is -2.29. The molecule has 0 saturated carbocycles. The van der Waals surface area contributed by atoms with Gasteiger partial charge < -0.3 is 15.4 Å². The lowest BCUT2D eigenvalue weighted by Crippen LogP contribution is -2.36. The summed E-state index contributed by atoms with van der Waals surface area (Å²) in [6, 6.07) is 8.17. The summed E-state index contributed by atoms with van der Waals surface area (Å²) in [7, 11) is 0. The van der Waals surface area contributed by atoms with Crippen LogP contribution in [0.4, 0.5) is 0 Å². The van der Waals surface area contributed by atoms with Gasteiger partial charge in [-0.1, -0.05) is 25.1 Å². The van der Waals surface area contributed by atoms with Crippen molar-refractivity contribution in [2.75, 3.05) is 26.2 Å². The summed E-state index contributed by atoms with van der Waals surface area (Å²) < 4.78 is 5.68. The minimum atomic E-state index is 0. The molecular formula is C19H29ClN2O2. The number of halogens is 1. The van der Waals surface area contributed by atoms with E-state index in [4.69, 9.17) is 4.74 Å². The topological polar surface area (TPSA) is 50.4 Å². The Balaban J connectivity index is 0.00000208. The first-order chi connectivity index (χ1) is 11.2. The van der Waals surface area contributed by atoms with Crippen LogP contribution in [-0.2, 0) is 4.79 Å². The Bertz CT molecular complexity index is 532. The van der Waals surface area contributed by atoms with Crippen molar-refractivity contribution >= 4 is 18.3 Å². The van der Waals surface area contributed by atoms with Crippen molar-refractivity contribution in [3.63, 3.8) is 0 Å². The van der Waals surface area contributed by atoms with E-state index >= 15 is 0 Å². The largest absolute Gasteiger partial charge is 0.493 e. The molecule has 2 N–H and O–H groups in total. The van der Waals surface area contributed by atoms with E-state index in [2.05, 4.69) is 23.6 Å². The maximum atomic E-state index is 12.3. The van der Waals surface area contributed by atoms with Gasteiger partial charge in [0.2, 0.25) is 5.91 Å². The molecule has 1 aromatic carbocycles. The fourth-order valence-corrected chi connectivity index (χ4v) is 3.76. The SMILES string of the molecule is CC(CC(=O)NCC1CCOc2ccccc21)C1CCCNC1.Cl. The number of piperidine rings is 1. The zero-order chi connectivity index (χ0) is 16.1. The Morgan fingerprint density at radius 1 is 1.38 bits per heavy atom. The maximum Gasteiger partial charge on any atom is 0.220 e. The number of fused-ring (bicyclic) bond motifs is 1. The third kappa shape index (κ3) is 4.87. The predicted octanol–water partition coefficient (Wildman–Crippen LogP) is 3.12. The van der Waals surface area contributed by atoms with Crippen LogP contribution >= 0.6 is 12.4 Å². The number of para-hydroxylation sites is 1. The van der Waals surface area contributed by atoms with Gasteiger partial charge in [0.05, 0.1) is 6.61 Å².